The highest BCUT2D eigenvalue weighted by molar-refractivity contribution is 6.14. The van der Waals surface area contributed by atoms with Gasteiger partial charge in [-0.05, 0) is 19.1 Å². The maximum atomic E-state index is 14.8. The first-order valence-corrected chi connectivity index (χ1v) is 7.62. The summed E-state index contributed by atoms with van der Waals surface area (Å²) in [5.74, 6) is -0.525. The number of nitriles is 1. The Morgan fingerprint density at radius 1 is 1.12 bits per heavy atom. The van der Waals surface area contributed by atoms with Gasteiger partial charge in [-0.1, -0.05) is 18.2 Å². The SMILES string of the molecule is Cc1c(F)c(C#N)c2oc3ccccc3c2c1-c1cccc[n+]1C. The molecule has 24 heavy (non-hydrogen) atoms. The van der Waals surface area contributed by atoms with Crippen molar-refractivity contribution in [1.82, 2.24) is 0 Å². The number of aryl methyl sites for hydroxylation is 1. The molecule has 4 aromatic rings. The average Bonchev–Trinajstić information content (AvgIpc) is 2.96. The van der Waals surface area contributed by atoms with E-state index in [0.717, 1.165) is 22.0 Å². The summed E-state index contributed by atoms with van der Waals surface area (Å²) >= 11 is 0. The summed E-state index contributed by atoms with van der Waals surface area (Å²) in [7, 11) is 1.92. The number of pyridine rings is 1. The van der Waals surface area contributed by atoms with Crippen LogP contribution >= 0.6 is 0 Å². The third-order valence-electron chi connectivity index (χ3n) is 4.42. The van der Waals surface area contributed by atoms with Gasteiger partial charge in [0.05, 0.1) is 5.56 Å². The predicted octanol–water partition coefficient (Wildman–Crippen LogP) is 4.40. The molecule has 2 aromatic carbocycles. The van der Waals surface area contributed by atoms with E-state index in [1.165, 1.54) is 0 Å². The lowest BCUT2D eigenvalue weighted by Crippen LogP contribution is -2.30. The molecule has 0 saturated heterocycles. The Kier molecular flexibility index (Phi) is 3.10. The Balaban J connectivity index is 2.31. The molecule has 0 saturated carbocycles. The van der Waals surface area contributed by atoms with Crippen LogP contribution in [0.5, 0.6) is 0 Å². The number of benzene rings is 2. The molecule has 0 amide bonds. The van der Waals surface area contributed by atoms with Gasteiger partial charge in [-0.25, -0.2) is 8.96 Å². The van der Waals surface area contributed by atoms with Crippen LogP contribution in [-0.4, -0.2) is 0 Å². The van der Waals surface area contributed by atoms with Gasteiger partial charge in [0.1, 0.15) is 30.1 Å². The highest BCUT2D eigenvalue weighted by Gasteiger charge is 2.26. The Hall–Kier alpha value is -3.19. The van der Waals surface area contributed by atoms with Crippen molar-refractivity contribution in [3.63, 3.8) is 0 Å². The van der Waals surface area contributed by atoms with Gasteiger partial charge in [0.15, 0.2) is 11.8 Å². The van der Waals surface area contributed by atoms with Crippen molar-refractivity contribution < 1.29 is 13.4 Å². The van der Waals surface area contributed by atoms with Crippen molar-refractivity contribution >= 4 is 21.9 Å². The van der Waals surface area contributed by atoms with Crippen molar-refractivity contribution in [3.8, 4) is 17.3 Å². The average molecular weight is 317 g/mol. The van der Waals surface area contributed by atoms with E-state index in [4.69, 9.17) is 4.42 Å². The van der Waals surface area contributed by atoms with Crippen molar-refractivity contribution in [1.29, 1.82) is 5.26 Å². The second-order valence-electron chi connectivity index (χ2n) is 5.80. The topological polar surface area (TPSA) is 40.8 Å². The first kappa shape index (κ1) is 14.4. The lowest BCUT2D eigenvalue weighted by atomic mass is 9.95. The van der Waals surface area contributed by atoms with Crippen molar-refractivity contribution in [2.75, 3.05) is 0 Å². The number of rotatable bonds is 1. The van der Waals surface area contributed by atoms with Crippen LogP contribution in [0.3, 0.4) is 0 Å². The molecule has 4 heteroatoms. The molecule has 0 spiro atoms. The molecule has 0 radical (unpaired) electrons. The standard InChI is InChI=1S/C20H14FN2O/c1-12-17(15-8-5-6-10-23(15)2)18-13-7-3-4-9-16(13)24-20(18)14(11-22)19(12)21/h3-10H,1-2H3/q+1. The fourth-order valence-corrected chi connectivity index (χ4v) is 3.26. The minimum atomic E-state index is -0.525. The van der Waals surface area contributed by atoms with E-state index >= 15 is 0 Å². The molecule has 0 aliphatic rings. The Bertz CT molecular complexity index is 1150. The number of furan rings is 1. The van der Waals surface area contributed by atoms with Crippen LogP contribution in [0.1, 0.15) is 11.1 Å². The molecule has 2 heterocycles. The molecule has 4 rings (SSSR count). The van der Waals surface area contributed by atoms with Gasteiger partial charge < -0.3 is 4.42 Å². The quantitative estimate of drug-likeness (QED) is 0.488. The molecule has 0 aliphatic heterocycles. The Morgan fingerprint density at radius 3 is 2.62 bits per heavy atom. The number of fused-ring (bicyclic) bond motifs is 3. The van der Waals surface area contributed by atoms with E-state index in [2.05, 4.69) is 0 Å². The number of halogens is 1. The van der Waals surface area contributed by atoms with Crippen LogP contribution in [0.4, 0.5) is 4.39 Å². The van der Waals surface area contributed by atoms with E-state index in [1.807, 2.05) is 66.3 Å². The Labute approximate surface area is 138 Å². The normalized spacial score (nSPS) is 11.1. The predicted molar refractivity (Wildman–Crippen MR) is 89.7 cm³/mol. The molecule has 116 valence electrons. The molecule has 0 aliphatic carbocycles. The summed E-state index contributed by atoms with van der Waals surface area (Å²) < 4.78 is 22.6. The van der Waals surface area contributed by atoms with Gasteiger partial charge in [-0.3, -0.25) is 0 Å². The van der Waals surface area contributed by atoms with Crippen LogP contribution in [0.15, 0.2) is 53.1 Å². The van der Waals surface area contributed by atoms with Gasteiger partial charge in [-0.2, -0.15) is 5.26 Å². The van der Waals surface area contributed by atoms with Crippen molar-refractivity contribution in [3.05, 3.63) is 65.6 Å². The second kappa shape index (κ2) is 5.17. The summed E-state index contributed by atoms with van der Waals surface area (Å²) in [4.78, 5) is 0. The summed E-state index contributed by atoms with van der Waals surface area (Å²) in [5, 5.41) is 11.1. The van der Waals surface area contributed by atoms with Crippen LogP contribution in [0.25, 0.3) is 33.2 Å². The Morgan fingerprint density at radius 2 is 1.88 bits per heavy atom. The monoisotopic (exact) mass is 317 g/mol. The molecule has 0 fully saturated rings. The zero-order valence-corrected chi connectivity index (χ0v) is 13.3. The van der Waals surface area contributed by atoms with Gasteiger partial charge in [0.25, 0.3) is 0 Å². The largest absolute Gasteiger partial charge is 0.455 e. The highest BCUT2D eigenvalue weighted by Crippen LogP contribution is 2.40. The zero-order chi connectivity index (χ0) is 16.8. The van der Waals surface area contributed by atoms with Crippen LogP contribution < -0.4 is 4.57 Å². The van der Waals surface area contributed by atoms with E-state index in [1.54, 1.807) is 6.92 Å². The fraction of sp³-hybridized carbons (Fsp3) is 0.100. The molecule has 0 bridgehead atoms. The van der Waals surface area contributed by atoms with Gasteiger partial charge >= 0.3 is 0 Å². The van der Waals surface area contributed by atoms with Gasteiger partial charge in [0, 0.05) is 28.5 Å². The van der Waals surface area contributed by atoms with Crippen LogP contribution in [0, 0.1) is 24.1 Å². The third-order valence-corrected chi connectivity index (χ3v) is 4.42. The summed E-state index contributed by atoms with van der Waals surface area (Å²) in [6.45, 7) is 1.71. The number of hydrogen-bond acceptors (Lipinski definition) is 2. The first-order valence-electron chi connectivity index (χ1n) is 7.62. The van der Waals surface area contributed by atoms with E-state index in [0.29, 0.717) is 16.7 Å². The molecular weight excluding hydrogens is 303 g/mol. The maximum absolute atomic E-state index is 14.8. The summed E-state index contributed by atoms with van der Waals surface area (Å²) in [5.41, 5.74) is 2.99. The first-order chi connectivity index (χ1) is 11.6. The fourth-order valence-electron chi connectivity index (χ4n) is 3.26. The number of nitrogens with zero attached hydrogens (tertiary/aromatic N) is 2. The maximum Gasteiger partial charge on any atom is 0.213 e. The zero-order valence-electron chi connectivity index (χ0n) is 13.3. The molecule has 0 atom stereocenters. The molecular formula is C20H14FN2O+. The van der Waals surface area contributed by atoms with Crippen molar-refractivity contribution in [2.24, 2.45) is 7.05 Å². The third kappa shape index (κ3) is 1.85. The second-order valence-corrected chi connectivity index (χ2v) is 5.80. The lowest BCUT2D eigenvalue weighted by molar-refractivity contribution is -0.660. The van der Waals surface area contributed by atoms with E-state index in [-0.39, 0.29) is 5.56 Å². The summed E-state index contributed by atoms with van der Waals surface area (Å²) in [6.07, 6.45) is 1.92. The number of aromatic nitrogens is 1. The van der Waals surface area contributed by atoms with Gasteiger partial charge in [-0.15, -0.1) is 0 Å². The van der Waals surface area contributed by atoms with Crippen molar-refractivity contribution in [2.45, 2.75) is 6.92 Å². The molecule has 0 unspecified atom stereocenters. The molecule has 2 aromatic heterocycles. The molecule has 0 N–H and O–H groups in total. The van der Waals surface area contributed by atoms with Crippen LogP contribution in [0.2, 0.25) is 0 Å². The smallest absolute Gasteiger partial charge is 0.213 e. The lowest BCUT2D eigenvalue weighted by Gasteiger charge is -2.09. The minimum absolute atomic E-state index is 0.0407. The highest BCUT2D eigenvalue weighted by atomic mass is 19.1. The van der Waals surface area contributed by atoms with E-state index < -0.39 is 5.82 Å². The molecule has 3 nitrogen and oxygen atoms in total. The van der Waals surface area contributed by atoms with Gasteiger partial charge in [0.2, 0.25) is 5.69 Å². The van der Waals surface area contributed by atoms with Crippen LogP contribution in [-0.2, 0) is 7.05 Å². The summed E-state index contributed by atoms with van der Waals surface area (Å²) in [6, 6.07) is 15.3. The number of hydrogen-bond donors (Lipinski definition) is 0. The minimum Gasteiger partial charge on any atom is -0.455 e. The van der Waals surface area contributed by atoms with E-state index in [9.17, 15) is 9.65 Å². The number of para-hydroxylation sites is 1.